The largest absolute Gasteiger partial charge is 0.489 e. The fraction of sp³-hybridized carbons (Fsp3) is 0.318. The second-order valence-electron chi connectivity index (χ2n) is 6.48. The molecule has 0 saturated carbocycles. The number of carbonyl (C=O) groups is 1. The third-order valence-corrected chi connectivity index (χ3v) is 4.49. The van der Waals surface area contributed by atoms with Crippen molar-refractivity contribution >= 4 is 12.0 Å². The van der Waals surface area contributed by atoms with Gasteiger partial charge >= 0.3 is 0 Å². The highest BCUT2D eigenvalue weighted by molar-refractivity contribution is 5.80. The zero-order valence-corrected chi connectivity index (χ0v) is 14.9. The van der Waals surface area contributed by atoms with Crippen LogP contribution in [0.25, 0.3) is 6.08 Å². The minimum Gasteiger partial charge on any atom is -0.489 e. The maximum atomic E-state index is 12.5. The Kier molecular flexibility index (Phi) is 6.45. The average Bonchev–Trinajstić information content (AvgIpc) is 2.68. The van der Waals surface area contributed by atoms with Crippen molar-refractivity contribution in [3.8, 4) is 5.75 Å². The standard InChI is InChI=1S/C22H25NO3/c1-2-17-8-9-21(26-16-18-6-4-3-5-7-18)19(14-17)15-22(24)23-20-10-12-25-13-11-20/h2-9,14,20H,1,10-13,15-16H2,(H,23,24). The minimum atomic E-state index is 0.0164. The lowest BCUT2D eigenvalue weighted by atomic mass is 10.0. The molecule has 1 aliphatic heterocycles. The Morgan fingerprint density at radius 2 is 1.96 bits per heavy atom. The Hall–Kier alpha value is -2.59. The van der Waals surface area contributed by atoms with Crippen LogP contribution in [0.5, 0.6) is 5.75 Å². The molecule has 0 atom stereocenters. The van der Waals surface area contributed by atoms with Crippen molar-refractivity contribution in [2.24, 2.45) is 0 Å². The fourth-order valence-corrected chi connectivity index (χ4v) is 3.03. The maximum absolute atomic E-state index is 12.5. The summed E-state index contributed by atoms with van der Waals surface area (Å²) in [7, 11) is 0. The summed E-state index contributed by atoms with van der Waals surface area (Å²) in [4.78, 5) is 12.5. The maximum Gasteiger partial charge on any atom is 0.224 e. The van der Waals surface area contributed by atoms with E-state index in [4.69, 9.17) is 9.47 Å². The van der Waals surface area contributed by atoms with Gasteiger partial charge in [0.25, 0.3) is 0 Å². The summed E-state index contributed by atoms with van der Waals surface area (Å²) in [5, 5.41) is 3.11. The molecule has 1 heterocycles. The van der Waals surface area contributed by atoms with Crippen molar-refractivity contribution in [3.63, 3.8) is 0 Å². The minimum absolute atomic E-state index is 0.0164. The van der Waals surface area contributed by atoms with Gasteiger partial charge in [0, 0.05) is 24.8 Å². The number of carbonyl (C=O) groups excluding carboxylic acids is 1. The third-order valence-electron chi connectivity index (χ3n) is 4.49. The number of benzene rings is 2. The number of hydrogen-bond acceptors (Lipinski definition) is 3. The Bertz CT molecular complexity index is 736. The third kappa shape index (κ3) is 5.20. The number of hydrogen-bond donors (Lipinski definition) is 1. The molecule has 2 aromatic carbocycles. The van der Waals surface area contributed by atoms with Gasteiger partial charge in [0.15, 0.2) is 0 Å². The number of ether oxygens (including phenoxy) is 2. The van der Waals surface area contributed by atoms with E-state index in [1.54, 1.807) is 6.08 Å². The van der Waals surface area contributed by atoms with Crippen LogP contribution in [0, 0.1) is 0 Å². The van der Waals surface area contributed by atoms with Crippen LogP contribution < -0.4 is 10.1 Å². The fourth-order valence-electron chi connectivity index (χ4n) is 3.03. The molecule has 2 aromatic rings. The van der Waals surface area contributed by atoms with Crippen molar-refractivity contribution in [1.82, 2.24) is 5.32 Å². The van der Waals surface area contributed by atoms with Crippen molar-refractivity contribution in [2.75, 3.05) is 13.2 Å². The predicted octanol–water partition coefficient (Wildman–Crippen LogP) is 3.75. The molecule has 0 spiro atoms. The molecule has 1 N–H and O–H groups in total. The first kappa shape index (κ1) is 18.2. The quantitative estimate of drug-likeness (QED) is 0.826. The van der Waals surface area contributed by atoms with Gasteiger partial charge in [-0.2, -0.15) is 0 Å². The Balaban J connectivity index is 1.67. The summed E-state index contributed by atoms with van der Waals surface area (Å²) >= 11 is 0. The van der Waals surface area contributed by atoms with E-state index in [1.807, 2.05) is 48.5 Å². The summed E-state index contributed by atoms with van der Waals surface area (Å²) in [6, 6.07) is 16.0. The van der Waals surface area contributed by atoms with Gasteiger partial charge in [-0.15, -0.1) is 0 Å². The first-order valence-electron chi connectivity index (χ1n) is 9.04. The second kappa shape index (κ2) is 9.20. The lowest BCUT2D eigenvalue weighted by Gasteiger charge is -2.23. The van der Waals surface area contributed by atoms with Crippen LogP contribution in [0.2, 0.25) is 0 Å². The topological polar surface area (TPSA) is 47.6 Å². The molecule has 1 fully saturated rings. The lowest BCUT2D eigenvalue weighted by Crippen LogP contribution is -2.39. The average molecular weight is 351 g/mol. The normalized spacial score (nSPS) is 14.6. The highest BCUT2D eigenvalue weighted by Gasteiger charge is 2.17. The monoisotopic (exact) mass is 351 g/mol. The molecule has 4 heteroatoms. The zero-order chi connectivity index (χ0) is 18.2. The molecule has 0 aliphatic carbocycles. The van der Waals surface area contributed by atoms with Gasteiger partial charge in [-0.05, 0) is 36.1 Å². The van der Waals surface area contributed by atoms with Crippen molar-refractivity contribution in [3.05, 3.63) is 71.8 Å². The molecule has 1 saturated heterocycles. The van der Waals surface area contributed by atoms with Gasteiger partial charge < -0.3 is 14.8 Å². The highest BCUT2D eigenvalue weighted by atomic mass is 16.5. The van der Waals surface area contributed by atoms with E-state index >= 15 is 0 Å². The number of amides is 1. The molecule has 0 bridgehead atoms. The van der Waals surface area contributed by atoms with Gasteiger partial charge in [0.2, 0.25) is 5.91 Å². The van der Waals surface area contributed by atoms with Crippen LogP contribution in [0.1, 0.15) is 29.5 Å². The lowest BCUT2D eigenvalue weighted by molar-refractivity contribution is -0.121. The van der Waals surface area contributed by atoms with Gasteiger partial charge in [0.1, 0.15) is 12.4 Å². The van der Waals surface area contributed by atoms with Crippen molar-refractivity contribution in [1.29, 1.82) is 0 Å². The Morgan fingerprint density at radius 3 is 2.69 bits per heavy atom. The zero-order valence-electron chi connectivity index (χ0n) is 14.9. The molecule has 4 nitrogen and oxygen atoms in total. The van der Waals surface area contributed by atoms with Crippen LogP contribution in [0.15, 0.2) is 55.1 Å². The summed E-state index contributed by atoms with van der Waals surface area (Å²) in [6.07, 6.45) is 3.82. The van der Waals surface area contributed by atoms with Crippen molar-refractivity contribution in [2.45, 2.75) is 31.9 Å². The van der Waals surface area contributed by atoms with E-state index in [0.29, 0.717) is 26.2 Å². The van der Waals surface area contributed by atoms with Crippen LogP contribution in [-0.2, 0) is 22.6 Å². The van der Waals surface area contributed by atoms with Gasteiger partial charge in [-0.25, -0.2) is 0 Å². The first-order valence-corrected chi connectivity index (χ1v) is 9.04. The summed E-state index contributed by atoms with van der Waals surface area (Å²) < 4.78 is 11.3. The molecular weight excluding hydrogens is 326 g/mol. The molecule has 0 aromatic heterocycles. The molecule has 0 unspecified atom stereocenters. The van der Waals surface area contributed by atoms with E-state index in [2.05, 4.69) is 11.9 Å². The molecule has 0 radical (unpaired) electrons. The Morgan fingerprint density at radius 1 is 1.19 bits per heavy atom. The summed E-state index contributed by atoms with van der Waals surface area (Å²) in [6.45, 7) is 5.71. The molecule has 136 valence electrons. The van der Waals surface area contributed by atoms with E-state index < -0.39 is 0 Å². The molecule has 3 rings (SSSR count). The molecule has 26 heavy (non-hydrogen) atoms. The summed E-state index contributed by atoms with van der Waals surface area (Å²) in [5.41, 5.74) is 2.95. The van der Waals surface area contributed by atoms with Gasteiger partial charge in [-0.3, -0.25) is 4.79 Å². The van der Waals surface area contributed by atoms with Gasteiger partial charge in [-0.1, -0.05) is 49.1 Å². The highest BCUT2D eigenvalue weighted by Crippen LogP contribution is 2.23. The van der Waals surface area contributed by atoms with Crippen LogP contribution in [0.4, 0.5) is 0 Å². The molecule has 1 aliphatic rings. The molecule has 1 amide bonds. The van der Waals surface area contributed by atoms with Crippen LogP contribution >= 0.6 is 0 Å². The summed E-state index contributed by atoms with van der Waals surface area (Å²) in [5.74, 6) is 0.754. The SMILES string of the molecule is C=Cc1ccc(OCc2ccccc2)c(CC(=O)NC2CCOCC2)c1. The molecular formula is C22H25NO3. The smallest absolute Gasteiger partial charge is 0.224 e. The predicted molar refractivity (Wildman–Crippen MR) is 103 cm³/mol. The van der Waals surface area contributed by atoms with Crippen LogP contribution in [0.3, 0.4) is 0 Å². The van der Waals surface area contributed by atoms with E-state index in [9.17, 15) is 4.79 Å². The first-order chi connectivity index (χ1) is 12.7. The second-order valence-corrected chi connectivity index (χ2v) is 6.48. The van der Waals surface area contributed by atoms with Gasteiger partial charge in [0.05, 0.1) is 6.42 Å². The van der Waals surface area contributed by atoms with E-state index in [0.717, 1.165) is 35.3 Å². The number of nitrogens with one attached hydrogen (secondary N) is 1. The Labute approximate surface area is 154 Å². The van der Waals surface area contributed by atoms with E-state index in [1.165, 1.54) is 0 Å². The van der Waals surface area contributed by atoms with E-state index in [-0.39, 0.29) is 11.9 Å². The number of rotatable bonds is 7. The van der Waals surface area contributed by atoms with Crippen LogP contribution in [-0.4, -0.2) is 25.2 Å². The van der Waals surface area contributed by atoms with Crippen molar-refractivity contribution < 1.29 is 14.3 Å².